The van der Waals surface area contributed by atoms with Crippen LogP contribution in [0.25, 0.3) is 0 Å². The number of carbonyl (C=O) groups excluding carboxylic acids is 1. The van der Waals surface area contributed by atoms with Crippen molar-refractivity contribution in [2.45, 2.75) is 25.7 Å². The van der Waals surface area contributed by atoms with Crippen LogP contribution in [-0.4, -0.2) is 59.2 Å². The Hall–Kier alpha value is -3.46. The van der Waals surface area contributed by atoms with Crippen molar-refractivity contribution < 1.29 is 13.9 Å². The van der Waals surface area contributed by atoms with Gasteiger partial charge in [0.15, 0.2) is 0 Å². The molecule has 0 aliphatic carbocycles. The van der Waals surface area contributed by atoms with Crippen molar-refractivity contribution >= 4 is 11.7 Å². The summed E-state index contributed by atoms with van der Waals surface area (Å²) in [5.41, 5.74) is 2.70. The molecule has 2 aromatic heterocycles. The van der Waals surface area contributed by atoms with Gasteiger partial charge in [0, 0.05) is 64.2 Å². The van der Waals surface area contributed by atoms with Crippen LogP contribution < -0.4 is 10.2 Å². The van der Waals surface area contributed by atoms with Gasteiger partial charge >= 0.3 is 0 Å². The number of ether oxygens (including phenoxy) is 1. The van der Waals surface area contributed by atoms with E-state index in [1.807, 2.05) is 6.07 Å². The van der Waals surface area contributed by atoms with Crippen molar-refractivity contribution in [3.8, 4) is 0 Å². The van der Waals surface area contributed by atoms with Crippen LogP contribution in [0.15, 0.2) is 48.9 Å². The second-order valence-corrected chi connectivity index (χ2v) is 8.55. The van der Waals surface area contributed by atoms with Crippen molar-refractivity contribution in [2.75, 3.05) is 38.3 Å². The molecule has 1 aliphatic rings. The molecule has 4 rings (SSSR count). The average molecular weight is 465 g/mol. The zero-order valence-corrected chi connectivity index (χ0v) is 19.4. The molecule has 9 heteroatoms. The van der Waals surface area contributed by atoms with Gasteiger partial charge in [0.25, 0.3) is 0 Å². The van der Waals surface area contributed by atoms with Gasteiger partial charge in [-0.2, -0.15) is 0 Å². The fourth-order valence-corrected chi connectivity index (χ4v) is 3.92. The number of hydrogen-bond acceptors (Lipinski definition) is 7. The topological polar surface area (TPSA) is 93.1 Å². The summed E-state index contributed by atoms with van der Waals surface area (Å²) in [5.74, 6) is 1.34. The van der Waals surface area contributed by atoms with Gasteiger partial charge in [-0.25, -0.2) is 14.4 Å². The predicted molar refractivity (Wildman–Crippen MR) is 126 cm³/mol. The van der Waals surface area contributed by atoms with Gasteiger partial charge in [-0.1, -0.05) is 19.1 Å². The highest BCUT2D eigenvalue weighted by Gasteiger charge is 2.33. The van der Waals surface area contributed by atoms with Crippen molar-refractivity contribution in [2.24, 2.45) is 5.92 Å². The summed E-state index contributed by atoms with van der Waals surface area (Å²) in [6, 6.07) is 8.50. The molecule has 3 heterocycles. The minimum Gasteiger partial charge on any atom is -0.383 e. The number of carbonyl (C=O) groups is 1. The maximum Gasteiger partial charge on any atom is 0.226 e. The highest BCUT2D eigenvalue weighted by atomic mass is 19.1. The number of nitrogens with one attached hydrogen (secondary N) is 1. The maximum absolute atomic E-state index is 13.3. The zero-order valence-electron chi connectivity index (χ0n) is 19.4. The number of amides is 1. The van der Waals surface area contributed by atoms with Crippen LogP contribution in [0.1, 0.15) is 35.6 Å². The SMILES string of the molecule is COCCNC(=O)C1CN(c2cc(Cc3cnccn3)nc(C[C@@H](C)c3ccc(F)cc3)n2)C1. The Morgan fingerprint density at radius 2 is 2.00 bits per heavy atom. The third-order valence-corrected chi connectivity index (χ3v) is 5.90. The third-order valence-electron chi connectivity index (χ3n) is 5.90. The second-order valence-electron chi connectivity index (χ2n) is 8.55. The van der Waals surface area contributed by atoms with Crippen LogP contribution in [0.4, 0.5) is 10.2 Å². The number of rotatable bonds is 10. The molecule has 0 bridgehead atoms. The minimum absolute atomic E-state index is 0.0345. The van der Waals surface area contributed by atoms with Gasteiger partial charge in [-0.3, -0.25) is 14.8 Å². The van der Waals surface area contributed by atoms with Crippen molar-refractivity contribution in [1.82, 2.24) is 25.3 Å². The Morgan fingerprint density at radius 1 is 1.21 bits per heavy atom. The number of halogens is 1. The lowest BCUT2D eigenvalue weighted by atomic mass is 9.97. The van der Waals surface area contributed by atoms with E-state index < -0.39 is 0 Å². The van der Waals surface area contributed by atoms with E-state index in [4.69, 9.17) is 14.7 Å². The molecule has 1 N–H and O–H groups in total. The van der Waals surface area contributed by atoms with E-state index in [1.54, 1.807) is 37.8 Å². The molecule has 1 amide bonds. The Morgan fingerprint density at radius 3 is 2.71 bits per heavy atom. The molecule has 0 radical (unpaired) electrons. The molecule has 1 aliphatic heterocycles. The molecule has 1 atom stereocenters. The van der Waals surface area contributed by atoms with Crippen molar-refractivity contribution in [3.63, 3.8) is 0 Å². The van der Waals surface area contributed by atoms with Crippen LogP contribution >= 0.6 is 0 Å². The normalized spacial score (nSPS) is 14.5. The van der Waals surface area contributed by atoms with Gasteiger partial charge < -0.3 is 15.0 Å². The van der Waals surface area contributed by atoms with Gasteiger partial charge in [-0.15, -0.1) is 0 Å². The van der Waals surface area contributed by atoms with Crippen molar-refractivity contribution in [3.05, 3.63) is 77.5 Å². The fourth-order valence-electron chi connectivity index (χ4n) is 3.92. The van der Waals surface area contributed by atoms with Gasteiger partial charge in [-0.05, 0) is 23.6 Å². The molecule has 1 fully saturated rings. The first kappa shape index (κ1) is 23.7. The monoisotopic (exact) mass is 464 g/mol. The number of anilines is 1. The van der Waals surface area contributed by atoms with E-state index >= 15 is 0 Å². The molecule has 1 aromatic carbocycles. The highest BCUT2D eigenvalue weighted by molar-refractivity contribution is 5.81. The van der Waals surface area contributed by atoms with Crippen LogP contribution in [0.2, 0.25) is 0 Å². The van der Waals surface area contributed by atoms with Crippen molar-refractivity contribution in [1.29, 1.82) is 0 Å². The lowest BCUT2D eigenvalue weighted by Crippen LogP contribution is -2.54. The number of benzene rings is 1. The first-order valence-corrected chi connectivity index (χ1v) is 11.4. The smallest absolute Gasteiger partial charge is 0.226 e. The van der Waals surface area contributed by atoms with Gasteiger partial charge in [0.2, 0.25) is 5.91 Å². The highest BCUT2D eigenvalue weighted by Crippen LogP contribution is 2.26. The van der Waals surface area contributed by atoms with Gasteiger partial charge in [0.1, 0.15) is 17.5 Å². The molecule has 3 aromatic rings. The van der Waals surface area contributed by atoms with E-state index in [0.717, 1.165) is 22.8 Å². The van der Waals surface area contributed by atoms with E-state index in [9.17, 15) is 9.18 Å². The number of aromatic nitrogens is 4. The molecule has 34 heavy (non-hydrogen) atoms. The average Bonchev–Trinajstić information content (AvgIpc) is 2.79. The first-order chi connectivity index (χ1) is 16.5. The summed E-state index contributed by atoms with van der Waals surface area (Å²) < 4.78 is 18.3. The summed E-state index contributed by atoms with van der Waals surface area (Å²) in [7, 11) is 1.61. The van der Waals surface area contributed by atoms with Crippen LogP contribution in [0.3, 0.4) is 0 Å². The number of methoxy groups -OCH3 is 1. The summed E-state index contributed by atoms with van der Waals surface area (Å²) in [6.07, 6.45) is 6.18. The lowest BCUT2D eigenvalue weighted by molar-refractivity contribution is -0.125. The first-order valence-electron chi connectivity index (χ1n) is 11.4. The Kier molecular flexibility index (Phi) is 7.74. The summed E-state index contributed by atoms with van der Waals surface area (Å²) in [6.45, 7) is 4.29. The number of hydrogen-bond donors (Lipinski definition) is 1. The summed E-state index contributed by atoms with van der Waals surface area (Å²) >= 11 is 0. The summed E-state index contributed by atoms with van der Waals surface area (Å²) in [4.78, 5) is 32.5. The fraction of sp³-hybridized carbons (Fsp3) is 0.400. The zero-order chi connectivity index (χ0) is 23.9. The predicted octanol–water partition coefficient (Wildman–Crippen LogP) is 2.54. The molecule has 178 valence electrons. The number of nitrogens with zero attached hydrogens (tertiary/aromatic N) is 5. The molecule has 0 unspecified atom stereocenters. The molecule has 0 spiro atoms. The Labute approximate surface area is 198 Å². The van der Waals surface area contributed by atoms with E-state index in [2.05, 4.69) is 27.1 Å². The Balaban J connectivity index is 1.49. The molecule has 0 saturated carbocycles. The quantitative estimate of drug-likeness (QED) is 0.461. The van der Waals surface area contributed by atoms with E-state index in [0.29, 0.717) is 44.9 Å². The van der Waals surface area contributed by atoms with Crippen LogP contribution in [0, 0.1) is 11.7 Å². The second kappa shape index (κ2) is 11.1. The van der Waals surface area contributed by atoms with Crippen LogP contribution in [-0.2, 0) is 22.4 Å². The summed E-state index contributed by atoms with van der Waals surface area (Å²) in [5, 5.41) is 2.90. The maximum atomic E-state index is 13.3. The molecular formula is C25H29FN6O2. The van der Waals surface area contributed by atoms with E-state index in [-0.39, 0.29) is 23.6 Å². The Bertz CT molecular complexity index is 1090. The van der Waals surface area contributed by atoms with Crippen LogP contribution in [0.5, 0.6) is 0 Å². The lowest BCUT2D eigenvalue weighted by Gasteiger charge is -2.39. The molecule has 8 nitrogen and oxygen atoms in total. The van der Waals surface area contributed by atoms with Gasteiger partial charge in [0.05, 0.1) is 23.9 Å². The molecular weight excluding hydrogens is 435 g/mol. The standard InChI is InChI=1S/C25H29FN6O2/c1-17(18-3-5-20(26)6-4-18)11-23-30-21(12-22-14-27-7-8-28-22)13-24(31-23)32-15-19(16-32)25(33)29-9-10-34-2/h3-8,13-14,17,19H,9-12,15-16H2,1-2H3,(H,29,33)/t17-/m1/s1. The minimum atomic E-state index is -0.251. The third kappa shape index (κ3) is 6.11. The van der Waals surface area contributed by atoms with E-state index in [1.165, 1.54) is 12.1 Å². The largest absolute Gasteiger partial charge is 0.383 e. The molecule has 1 saturated heterocycles.